The van der Waals surface area contributed by atoms with Gasteiger partial charge in [0, 0.05) is 30.6 Å². The van der Waals surface area contributed by atoms with Gasteiger partial charge in [-0.1, -0.05) is 54.6 Å². The van der Waals surface area contributed by atoms with E-state index >= 15 is 0 Å². The van der Waals surface area contributed by atoms with Gasteiger partial charge >= 0.3 is 0 Å². The van der Waals surface area contributed by atoms with E-state index in [9.17, 15) is 10.1 Å². The lowest BCUT2D eigenvalue weighted by Crippen LogP contribution is -2.43. The Balaban J connectivity index is 1.63. The van der Waals surface area contributed by atoms with Gasteiger partial charge in [0.25, 0.3) is 5.91 Å². The number of hydrogen-bond acceptors (Lipinski definition) is 3. The highest BCUT2D eigenvalue weighted by Crippen LogP contribution is 2.42. The van der Waals surface area contributed by atoms with Gasteiger partial charge in [-0.15, -0.1) is 0 Å². The number of nitrogens with zero attached hydrogens (tertiary/aromatic N) is 3. The molecule has 0 atom stereocenters. The topological polar surface area (TPSA) is 47.3 Å². The number of likely N-dealkylation sites (tertiary alicyclic amines) is 1. The molecule has 0 spiro atoms. The van der Waals surface area contributed by atoms with Crippen molar-refractivity contribution < 1.29 is 4.79 Å². The van der Waals surface area contributed by atoms with E-state index in [1.165, 1.54) is 16.7 Å². The van der Waals surface area contributed by atoms with Crippen LogP contribution in [0, 0.1) is 11.3 Å². The largest absolute Gasteiger partial charge is 0.339 e. The Hall–Kier alpha value is -3.42. The molecule has 4 nitrogen and oxygen atoms in total. The Morgan fingerprint density at radius 3 is 2.21 bits per heavy atom. The molecule has 1 fully saturated rings. The van der Waals surface area contributed by atoms with Crippen LogP contribution in [-0.2, 0) is 12.0 Å². The highest BCUT2D eigenvalue weighted by molar-refractivity contribution is 5.94. The highest BCUT2D eigenvalue weighted by atomic mass is 16.2. The number of amides is 1. The maximum Gasteiger partial charge on any atom is 0.253 e. The second-order valence-electron chi connectivity index (χ2n) is 9.09. The molecule has 1 aliphatic rings. The lowest BCUT2D eigenvalue weighted by molar-refractivity contribution is 0.0773. The number of carbonyl (C=O) groups excluding carboxylic acids is 1. The predicted molar refractivity (Wildman–Crippen MR) is 137 cm³/mol. The van der Waals surface area contributed by atoms with Gasteiger partial charge in [0.1, 0.15) is 0 Å². The Morgan fingerprint density at radius 2 is 1.59 bits per heavy atom. The fourth-order valence-electron chi connectivity index (χ4n) is 5.19. The van der Waals surface area contributed by atoms with Crippen molar-refractivity contribution >= 4 is 5.91 Å². The van der Waals surface area contributed by atoms with Crippen molar-refractivity contribution in [2.45, 2.75) is 38.6 Å². The second kappa shape index (κ2) is 10.7. The summed E-state index contributed by atoms with van der Waals surface area (Å²) in [6.07, 6.45) is 1.94. The van der Waals surface area contributed by atoms with E-state index in [1.54, 1.807) is 0 Å². The molecule has 3 aromatic rings. The molecule has 174 valence electrons. The summed E-state index contributed by atoms with van der Waals surface area (Å²) in [5.74, 6) is 0.0785. The smallest absolute Gasteiger partial charge is 0.253 e. The van der Waals surface area contributed by atoms with Gasteiger partial charge in [0.05, 0.1) is 11.6 Å². The molecule has 0 saturated carbocycles. The van der Waals surface area contributed by atoms with Crippen molar-refractivity contribution in [3.63, 3.8) is 0 Å². The van der Waals surface area contributed by atoms with E-state index in [0.717, 1.165) is 38.0 Å². The standard InChI is InChI=1S/C30H33N3O/c1-3-33(4-2)29(34)26-13-15-27(16-14-26)30(28-12-8-11-25(21-28)22-31)17-19-32(20-18-30)23-24-9-6-5-7-10-24/h5-16,21H,3-4,17-20,23H2,1-2H3. The molecule has 1 saturated heterocycles. The van der Waals surface area contributed by atoms with E-state index in [1.807, 2.05) is 49.1 Å². The monoisotopic (exact) mass is 451 g/mol. The van der Waals surface area contributed by atoms with Crippen molar-refractivity contribution in [1.82, 2.24) is 9.80 Å². The van der Waals surface area contributed by atoms with Crippen LogP contribution in [0.3, 0.4) is 0 Å². The summed E-state index contributed by atoms with van der Waals surface area (Å²) in [5, 5.41) is 9.52. The van der Waals surface area contributed by atoms with Crippen LogP contribution < -0.4 is 0 Å². The minimum atomic E-state index is -0.170. The van der Waals surface area contributed by atoms with Gasteiger partial charge in [-0.2, -0.15) is 5.26 Å². The van der Waals surface area contributed by atoms with Crippen LogP contribution in [0.1, 0.15) is 59.3 Å². The molecular formula is C30H33N3O. The molecule has 3 aromatic carbocycles. The van der Waals surface area contributed by atoms with E-state index in [4.69, 9.17) is 0 Å². The number of hydrogen-bond donors (Lipinski definition) is 0. The average Bonchev–Trinajstić information content (AvgIpc) is 2.90. The number of carbonyl (C=O) groups is 1. The van der Waals surface area contributed by atoms with E-state index in [2.05, 4.69) is 59.5 Å². The average molecular weight is 452 g/mol. The van der Waals surface area contributed by atoms with Gasteiger partial charge in [-0.05, 0) is 80.7 Å². The summed E-state index contributed by atoms with van der Waals surface area (Å²) in [6, 6.07) is 29.2. The van der Waals surface area contributed by atoms with Crippen molar-refractivity contribution in [2.24, 2.45) is 0 Å². The zero-order valence-corrected chi connectivity index (χ0v) is 20.2. The fourth-order valence-corrected chi connectivity index (χ4v) is 5.19. The molecule has 0 N–H and O–H groups in total. The number of benzene rings is 3. The third-order valence-corrected chi connectivity index (χ3v) is 7.24. The third kappa shape index (κ3) is 4.90. The van der Waals surface area contributed by atoms with Crippen LogP contribution in [0.15, 0.2) is 78.9 Å². The Bertz CT molecular complexity index is 1140. The summed E-state index contributed by atoms with van der Waals surface area (Å²) >= 11 is 0. The van der Waals surface area contributed by atoms with Crippen LogP contribution >= 0.6 is 0 Å². The van der Waals surface area contributed by atoms with Gasteiger partial charge in [-0.3, -0.25) is 9.69 Å². The fraction of sp³-hybridized carbons (Fsp3) is 0.333. The van der Waals surface area contributed by atoms with Crippen molar-refractivity contribution in [3.05, 3.63) is 107 Å². The molecule has 0 radical (unpaired) electrons. The summed E-state index contributed by atoms with van der Waals surface area (Å²) in [5.41, 5.74) is 5.00. The SMILES string of the molecule is CCN(CC)C(=O)c1ccc(C2(c3cccc(C#N)c3)CCN(Cc3ccccc3)CC2)cc1. The summed E-state index contributed by atoms with van der Waals surface area (Å²) < 4.78 is 0. The first-order valence-corrected chi connectivity index (χ1v) is 12.3. The summed E-state index contributed by atoms with van der Waals surface area (Å²) in [7, 11) is 0. The molecule has 34 heavy (non-hydrogen) atoms. The van der Waals surface area contributed by atoms with Crippen LogP contribution in [0.5, 0.6) is 0 Å². The molecule has 0 bridgehead atoms. The Labute approximate surface area is 203 Å². The maximum atomic E-state index is 12.8. The molecule has 4 heteroatoms. The zero-order valence-electron chi connectivity index (χ0n) is 20.2. The molecule has 1 heterocycles. The minimum Gasteiger partial charge on any atom is -0.339 e. The van der Waals surface area contributed by atoms with E-state index in [0.29, 0.717) is 18.7 Å². The normalized spacial score (nSPS) is 15.4. The van der Waals surface area contributed by atoms with Gasteiger partial charge in [0.2, 0.25) is 0 Å². The van der Waals surface area contributed by atoms with Crippen LogP contribution in [0.4, 0.5) is 0 Å². The molecule has 1 amide bonds. The van der Waals surface area contributed by atoms with Crippen LogP contribution in [-0.4, -0.2) is 41.9 Å². The molecule has 0 aromatic heterocycles. The first-order chi connectivity index (χ1) is 16.6. The first-order valence-electron chi connectivity index (χ1n) is 12.3. The second-order valence-corrected chi connectivity index (χ2v) is 9.09. The quantitative estimate of drug-likeness (QED) is 0.468. The predicted octanol–water partition coefficient (Wildman–Crippen LogP) is 5.62. The molecule has 0 unspecified atom stereocenters. The molecule has 0 aliphatic carbocycles. The lowest BCUT2D eigenvalue weighted by atomic mass is 9.67. The minimum absolute atomic E-state index is 0.0785. The highest BCUT2D eigenvalue weighted by Gasteiger charge is 2.38. The van der Waals surface area contributed by atoms with Gasteiger partial charge < -0.3 is 4.90 Å². The maximum absolute atomic E-state index is 12.8. The molecule has 1 aliphatic heterocycles. The summed E-state index contributed by atoms with van der Waals surface area (Å²) in [6.45, 7) is 8.34. The van der Waals surface area contributed by atoms with E-state index < -0.39 is 0 Å². The first kappa shape index (κ1) is 23.7. The number of piperidine rings is 1. The zero-order chi connectivity index (χ0) is 24.0. The van der Waals surface area contributed by atoms with Crippen LogP contribution in [0.2, 0.25) is 0 Å². The van der Waals surface area contributed by atoms with Crippen molar-refractivity contribution in [3.8, 4) is 6.07 Å². The van der Waals surface area contributed by atoms with Crippen LogP contribution in [0.25, 0.3) is 0 Å². The molecule has 4 rings (SSSR count). The van der Waals surface area contributed by atoms with Crippen molar-refractivity contribution in [2.75, 3.05) is 26.2 Å². The molecular weight excluding hydrogens is 418 g/mol. The lowest BCUT2D eigenvalue weighted by Gasteiger charge is -2.43. The number of nitriles is 1. The van der Waals surface area contributed by atoms with Gasteiger partial charge in [0.15, 0.2) is 0 Å². The summed E-state index contributed by atoms with van der Waals surface area (Å²) in [4.78, 5) is 17.2. The van der Waals surface area contributed by atoms with Crippen molar-refractivity contribution in [1.29, 1.82) is 5.26 Å². The Morgan fingerprint density at radius 1 is 0.912 bits per heavy atom. The Kier molecular flexibility index (Phi) is 7.45. The van der Waals surface area contributed by atoms with Gasteiger partial charge in [-0.25, -0.2) is 0 Å². The number of rotatable bonds is 7. The van der Waals surface area contributed by atoms with E-state index in [-0.39, 0.29) is 11.3 Å². The third-order valence-electron chi connectivity index (χ3n) is 7.24.